The first-order valence-corrected chi connectivity index (χ1v) is 11.6. The van der Waals surface area contributed by atoms with E-state index in [0.29, 0.717) is 18.8 Å². The zero-order valence-corrected chi connectivity index (χ0v) is 18.9. The Morgan fingerprint density at radius 1 is 0.818 bits per heavy atom. The van der Waals surface area contributed by atoms with Crippen molar-refractivity contribution in [2.75, 3.05) is 31.1 Å². The first-order valence-electron chi connectivity index (χ1n) is 11.6. The van der Waals surface area contributed by atoms with Gasteiger partial charge in [-0.05, 0) is 43.0 Å². The molecule has 5 heteroatoms. The van der Waals surface area contributed by atoms with Gasteiger partial charge in [0.05, 0.1) is 5.70 Å². The molecule has 1 amide bonds. The van der Waals surface area contributed by atoms with Crippen LogP contribution < -0.4 is 4.90 Å². The maximum atomic E-state index is 13.8. The number of allylic oxidation sites excluding steroid dienone is 1. The third kappa shape index (κ3) is 4.44. The lowest BCUT2D eigenvalue weighted by atomic mass is 9.93. The molecule has 5 nitrogen and oxygen atoms in total. The lowest BCUT2D eigenvalue weighted by Gasteiger charge is -2.35. The summed E-state index contributed by atoms with van der Waals surface area (Å²) in [6.07, 6.45) is 3.64. The van der Waals surface area contributed by atoms with Gasteiger partial charge in [-0.3, -0.25) is 4.79 Å². The smallest absolute Gasteiger partial charge is 0.273 e. The van der Waals surface area contributed by atoms with Gasteiger partial charge in [0.15, 0.2) is 0 Å². The number of aliphatic imine (C=N–C) groups is 1. The third-order valence-corrected chi connectivity index (χ3v) is 6.46. The summed E-state index contributed by atoms with van der Waals surface area (Å²) in [6.45, 7) is 4.96. The van der Waals surface area contributed by atoms with Crippen molar-refractivity contribution >= 4 is 23.1 Å². The highest BCUT2D eigenvalue weighted by Gasteiger charge is 2.28. The fraction of sp³-hybridized carbons (Fsp3) is 0.250. The van der Waals surface area contributed by atoms with Gasteiger partial charge in [0.2, 0.25) is 0 Å². The van der Waals surface area contributed by atoms with E-state index < -0.39 is 0 Å². The highest BCUT2D eigenvalue weighted by molar-refractivity contribution is 6.46. The molecule has 1 aromatic heterocycles. The number of hydrogen-bond donors (Lipinski definition) is 0. The summed E-state index contributed by atoms with van der Waals surface area (Å²) in [5.74, 6) is 0.967. The van der Waals surface area contributed by atoms with Crippen LogP contribution in [-0.4, -0.2) is 47.7 Å². The van der Waals surface area contributed by atoms with Gasteiger partial charge in [0, 0.05) is 43.5 Å². The number of nitrogens with zero attached hydrogens (tertiary/aromatic N) is 4. The van der Waals surface area contributed by atoms with Crippen LogP contribution in [0.15, 0.2) is 89.6 Å². The fourth-order valence-corrected chi connectivity index (χ4v) is 4.58. The maximum absolute atomic E-state index is 13.8. The number of aryl methyl sites for hydroxylation is 1. The molecule has 1 fully saturated rings. The van der Waals surface area contributed by atoms with E-state index in [1.165, 1.54) is 11.1 Å². The number of piperazine rings is 1. The molecule has 3 heterocycles. The second-order valence-electron chi connectivity index (χ2n) is 8.58. The third-order valence-electron chi connectivity index (χ3n) is 6.46. The molecule has 3 aromatic rings. The van der Waals surface area contributed by atoms with Crippen molar-refractivity contribution < 1.29 is 4.79 Å². The number of benzene rings is 2. The highest BCUT2D eigenvalue weighted by atomic mass is 16.2. The predicted molar refractivity (Wildman–Crippen MR) is 133 cm³/mol. The Balaban J connectivity index is 1.48. The largest absolute Gasteiger partial charge is 0.353 e. The molecule has 166 valence electrons. The van der Waals surface area contributed by atoms with Crippen LogP contribution >= 0.6 is 0 Å². The molecule has 0 spiro atoms. The van der Waals surface area contributed by atoms with Crippen molar-refractivity contribution in [1.82, 2.24) is 9.88 Å². The summed E-state index contributed by atoms with van der Waals surface area (Å²) in [6, 6.07) is 24.4. The molecule has 0 aliphatic carbocycles. The number of fused-ring (bicyclic) bond motifs is 1. The van der Waals surface area contributed by atoms with E-state index in [2.05, 4.69) is 35.0 Å². The quantitative estimate of drug-likeness (QED) is 0.603. The van der Waals surface area contributed by atoms with Crippen LogP contribution in [0.25, 0.3) is 5.70 Å². The zero-order valence-electron chi connectivity index (χ0n) is 18.9. The minimum absolute atomic E-state index is 0.00579. The van der Waals surface area contributed by atoms with Gasteiger partial charge in [-0.2, -0.15) is 0 Å². The molecule has 5 rings (SSSR count). The molecular weight excluding hydrogens is 408 g/mol. The second kappa shape index (κ2) is 9.41. The van der Waals surface area contributed by atoms with Gasteiger partial charge >= 0.3 is 0 Å². The Labute approximate surface area is 195 Å². The first-order chi connectivity index (χ1) is 16.2. The molecule has 2 aliphatic heterocycles. The number of anilines is 1. The summed E-state index contributed by atoms with van der Waals surface area (Å²) in [4.78, 5) is 27.5. The van der Waals surface area contributed by atoms with Crippen molar-refractivity contribution in [3.05, 3.63) is 101 Å². The molecule has 0 N–H and O–H groups in total. The van der Waals surface area contributed by atoms with E-state index in [1.54, 1.807) is 0 Å². The Morgan fingerprint density at radius 3 is 2.30 bits per heavy atom. The molecule has 0 atom stereocenters. The number of amides is 1. The lowest BCUT2D eigenvalue weighted by Crippen LogP contribution is -2.51. The summed E-state index contributed by atoms with van der Waals surface area (Å²) in [5.41, 5.74) is 5.87. The molecule has 0 bridgehead atoms. The van der Waals surface area contributed by atoms with Crippen LogP contribution in [0.3, 0.4) is 0 Å². The first kappa shape index (κ1) is 21.1. The van der Waals surface area contributed by atoms with Crippen LogP contribution in [-0.2, 0) is 11.2 Å². The van der Waals surface area contributed by atoms with Crippen molar-refractivity contribution in [2.45, 2.75) is 19.8 Å². The van der Waals surface area contributed by atoms with Crippen LogP contribution in [0.5, 0.6) is 0 Å². The number of pyridine rings is 1. The van der Waals surface area contributed by atoms with Crippen LogP contribution in [0.1, 0.15) is 30.0 Å². The second-order valence-corrected chi connectivity index (χ2v) is 8.58. The number of carbonyl (C=O) groups excluding carboxylic acids is 1. The highest BCUT2D eigenvalue weighted by Crippen LogP contribution is 2.29. The van der Waals surface area contributed by atoms with Crippen molar-refractivity contribution in [1.29, 1.82) is 0 Å². The monoisotopic (exact) mass is 436 g/mol. The molecule has 0 saturated carbocycles. The van der Waals surface area contributed by atoms with E-state index in [9.17, 15) is 4.79 Å². The maximum Gasteiger partial charge on any atom is 0.273 e. The van der Waals surface area contributed by atoms with Crippen molar-refractivity contribution in [3.63, 3.8) is 0 Å². The Kier molecular flexibility index (Phi) is 6.03. The lowest BCUT2D eigenvalue weighted by molar-refractivity contribution is -0.124. The Bertz CT molecular complexity index is 1190. The summed E-state index contributed by atoms with van der Waals surface area (Å²) >= 11 is 0. The van der Waals surface area contributed by atoms with E-state index in [4.69, 9.17) is 4.99 Å². The fourth-order valence-electron chi connectivity index (χ4n) is 4.58. The predicted octanol–water partition coefficient (Wildman–Crippen LogP) is 4.60. The van der Waals surface area contributed by atoms with Crippen LogP contribution in [0.4, 0.5) is 5.82 Å². The van der Waals surface area contributed by atoms with E-state index >= 15 is 0 Å². The Morgan fingerprint density at radius 2 is 1.55 bits per heavy atom. The zero-order chi connectivity index (χ0) is 22.6. The van der Waals surface area contributed by atoms with Gasteiger partial charge in [-0.15, -0.1) is 0 Å². The standard InChI is InChI=1S/C28H28N4O/c1-21-14-15-22-9-5-6-12-24(22)27(30-26(21)23-10-3-2-4-11-23)28(33)32-19-17-31(18-20-32)25-13-7-8-16-29-25/h2-13,16H,14-15,17-20H2,1H3. The van der Waals surface area contributed by atoms with Crippen LogP contribution in [0.2, 0.25) is 0 Å². The van der Waals surface area contributed by atoms with E-state index in [0.717, 1.165) is 48.6 Å². The van der Waals surface area contributed by atoms with Gasteiger partial charge in [0.25, 0.3) is 5.91 Å². The topological polar surface area (TPSA) is 48.8 Å². The molecule has 1 saturated heterocycles. The van der Waals surface area contributed by atoms with E-state index in [-0.39, 0.29) is 5.91 Å². The number of aromatic nitrogens is 1. The van der Waals surface area contributed by atoms with Crippen molar-refractivity contribution in [3.8, 4) is 0 Å². The summed E-state index contributed by atoms with van der Waals surface area (Å²) < 4.78 is 0. The average molecular weight is 437 g/mol. The normalized spacial score (nSPS) is 16.6. The van der Waals surface area contributed by atoms with Crippen molar-refractivity contribution in [2.24, 2.45) is 4.99 Å². The molecule has 2 aromatic carbocycles. The molecule has 33 heavy (non-hydrogen) atoms. The number of rotatable bonds is 3. The van der Waals surface area contributed by atoms with Gasteiger partial charge in [-0.25, -0.2) is 9.98 Å². The summed E-state index contributed by atoms with van der Waals surface area (Å²) in [5, 5.41) is 0. The molecule has 0 radical (unpaired) electrons. The summed E-state index contributed by atoms with van der Waals surface area (Å²) in [7, 11) is 0. The van der Waals surface area contributed by atoms with Gasteiger partial charge in [0.1, 0.15) is 11.5 Å². The van der Waals surface area contributed by atoms with Gasteiger partial charge < -0.3 is 9.80 Å². The van der Waals surface area contributed by atoms with E-state index in [1.807, 2.05) is 65.7 Å². The molecular formula is C28H28N4O. The molecule has 2 aliphatic rings. The van der Waals surface area contributed by atoms with Crippen LogP contribution in [0, 0.1) is 0 Å². The Hall–Kier alpha value is -3.73. The SMILES string of the molecule is CC1=C(c2ccccc2)N=C(C(=O)N2CCN(c3ccccn3)CC2)c2ccccc2CC1. The minimum atomic E-state index is 0.00579. The number of hydrogen-bond acceptors (Lipinski definition) is 4. The average Bonchev–Trinajstić information content (AvgIpc) is 2.88. The minimum Gasteiger partial charge on any atom is -0.353 e. The van der Waals surface area contributed by atoms with Gasteiger partial charge in [-0.1, -0.05) is 60.7 Å². The number of carbonyl (C=O) groups is 1. The molecule has 0 unspecified atom stereocenters.